The summed E-state index contributed by atoms with van der Waals surface area (Å²) in [6.07, 6.45) is 9.91. The Balaban J connectivity index is 1.40. The second-order valence-corrected chi connectivity index (χ2v) is 5.74. The second kappa shape index (κ2) is 6.71. The maximum Gasteiger partial charge on any atom is 0.0921 e. The fourth-order valence-electron chi connectivity index (χ4n) is 3.19. The summed E-state index contributed by atoms with van der Waals surface area (Å²) in [5.74, 6) is 0.766. The zero-order chi connectivity index (χ0) is 13.6. The summed E-state index contributed by atoms with van der Waals surface area (Å²) in [5.41, 5.74) is 2.74. The van der Waals surface area contributed by atoms with Crippen LogP contribution in [0.5, 0.6) is 0 Å². The third-order valence-electron chi connectivity index (χ3n) is 4.38. The monoisotopic (exact) mass is 269 g/mol. The summed E-state index contributed by atoms with van der Waals surface area (Å²) in [6.45, 7) is 1.04. The van der Waals surface area contributed by atoms with E-state index in [4.69, 9.17) is 0 Å². The van der Waals surface area contributed by atoms with Crippen LogP contribution in [0.3, 0.4) is 0 Å². The number of nitrogens with zero attached hydrogens (tertiary/aromatic N) is 1. The maximum atomic E-state index is 4.05. The van der Waals surface area contributed by atoms with E-state index in [1.807, 2.05) is 6.20 Å². The smallest absolute Gasteiger partial charge is 0.0921 e. The van der Waals surface area contributed by atoms with Gasteiger partial charge < -0.3 is 10.3 Å². The van der Waals surface area contributed by atoms with Crippen LogP contribution in [0, 0.1) is 0 Å². The summed E-state index contributed by atoms with van der Waals surface area (Å²) in [4.78, 5) is 7.20. The molecule has 0 unspecified atom stereocenters. The van der Waals surface area contributed by atoms with Crippen molar-refractivity contribution < 1.29 is 0 Å². The van der Waals surface area contributed by atoms with Crippen molar-refractivity contribution in [2.45, 2.75) is 44.1 Å². The topological polar surface area (TPSA) is 40.7 Å². The number of aromatic amines is 1. The molecule has 0 bridgehead atoms. The Hall–Kier alpha value is -1.61. The van der Waals surface area contributed by atoms with E-state index in [1.54, 1.807) is 6.33 Å². The molecule has 2 aromatic rings. The number of rotatable bonds is 5. The van der Waals surface area contributed by atoms with Gasteiger partial charge in [-0.25, -0.2) is 4.98 Å². The predicted molar refractivity (Wildman–Crippen MR) is 81.7 cm³/mol. The molecule has 0 aliphatic heterocycles. The van der Waals surface area contributed by atoms with E-state index in [1.165, 1.54) is 36.9 Å². The van der Waals surface area contributed by atoms with E-state index in [0.29, 0.717) is 6.04 Å². The third kappa shape index (κ3) is 3.48. The van der Waals surface area contributed by atoms with E-state index < -0.39 is 0 Å². The number of nitrogens with one attached hydrogen (secondary N) is 2. The summed E-state index contributed by atoms with van der Waals surface area (Å²) in [5, 5.41) is 3.68. The van der Waals surface area contributed by atoms with Gasteiger partial charge in [0, 0.05) is 30.9 Å². The highest BCUT2D eigenvalue weighted by Crippen LogP contribution is 2.32. The number of aromatic nitrogens is 2. The van der Waals surface area contributed by atoms with Crippen LogP contribution in [0.1, 0.15) is 42.9 Å². The number of benzene rings is 1. The lowest BCUT2D eigenvalue weighted by Crippen LogP contribution is -2.34. The van der Waals surface area contributed by atoms with Crippen molar-refractivity contribution in [3.8, 4) is 0 Å². The third-order valence-corrected chi connectivity index (χ3v) is 4.38. The molecule has 0 radical (unpaired) electrons. The number of hydrogen-bond donors (Lipinski definition) is 2. The first kappa shape index (κ1) is 13.4. The Labute approximate surface area is 120 Å². The first-order valence-electron chi connectivity index (χ1n) is 7.67. The van der Waals surface area contributed by atoms with Crippen molar-refractivity contribution in [1.29, 1.82) is 0 Å². The van der Waals surface area contributed by atoms with E-state index in [-0.39, 0.29) is 0 Å². The maximum absolute atomic E-state index is 4.05. The SMILES string of the molecule is c1ccc(C2CCC(NCCc3cnc[nH]3)CC2)cc1. The lowest BCUT2D eigenvalue weighted by molar-refractivity contribution is 0.344. The van der Waals surface area contributed by atoms with Gasteiger partial charge in [-0.1, -0.05) is 30.3 Å². The van der Waals surface area contributed by atoms with E-state index in [0.717, 1.165) is 18.9 Å². The molecule has 2 N–H and O–H groups in total. The van der Waals surface area contributed by atoms with Crippen LogP contribution in [0.4, 0.5) is 0 Å². The predicted octanol–water partition coefficient (Wildman–Crippen LogP) is 3.27. The van der Waals surface area contributed by atoms with Crippen molar-refractivity contribution in [2.24, 2.45) is 0 Å². The molecule has 3 rings (SSSR count). The molecule has 1 aromatic heterocycles. The molecular formula is C17H23N3. The molecule has 1 saturated carbocycles. The summed E-state index contributed by atoms with van der Waals surface area (Å²) in [6, 6.07) is 11.7. The molecule has 1 heterocycles. The molecule has 106 valence electrons. The van der Waals surface area contributed by atoms with Gasteiger partial charge in [0.1, 0.15) is 0 Å². The van der Waals surface area contributed by atoms with Crippen molar-refractivity contribution >= 4 is 0 Å². The molecule has 0 spiro atoms. The van der Waals surface area contributed by atoms with Gasteiger partial charge in [-0.05, 0) is 37.2 Å². The van der Waals surface area contributed by atoms with Crippen molar-refractivity contribution in [2.75, 3.05) is 6.54 Å². The van der Waals surface area contributed by atoms with Crippen molar-refractivity contribution in [3.63, 3.8) is 0 Å². The number of hydrogen-bond acceptors (Lipinski definition) is 2. The average molecular weight is 269 g/mol. The van der Waals surface area contributed by atoms with E-state index in [2.05, 4.69) is 45.6 Å². The Morgan fingerprint density at radius 1 is 1.10 bits per heavy atom. The molecule has 20 heavy (non-hydrogen) atoms. The van der Waals surface area contributed by atoms with Crippen LogP contribution in [-0.4, -0.2) is 22.6 Å². The molecule has 0 saturated heterocycles. The summed E-state index contributed by atoms with van der Waals surface area (Å²) < 4.78 is 0. The molecule has 1 aliphatic rings. The van der Waals surface area contributed by atoms with Crippen LogP contribution in [0.15, 0.2) is 42.9 Å². The highest BCUT2D eigenvalue weighted by Gasteiger charge is 2.21. The molecule has 3 nitrogen and oxygen atoms in total. The minimum Gasteiger partial charge on any atom is -0.348 e. The van der Waals surface area contributed by atoms with E-state index >= 15 is 0 Å². The van der Waals surface area contributed by atoms with Gasteiger partial charge in [-0.2, -0.15) is 0 Å². The minimum atomic E-state index is 0.692. The van der Waals surface area contributed by atoms with Crippen LogP contribution in [-0.2, 0) is 6.42 Å². The molecule has 1 fully saturated rings. The summed E-state index contributed by atoms with van der Waals surface area (Å²) in [7, 11) is 0. The Kier molecular flexibility index (Phi) is 4.49. The second-order valence-electron chi connectivity index (χ2n) is 5.74. The van der Waals surface area contributed by atoms with Gasteiger partial charge in [-0.15, -0.1) is 0 Å². The van der Waals surface area contributed by atoms with Gasteiger partial charge in [0.2, 0.25) is 0 Å². The van der Waals surface area contributed by atoms with Gasteiger partial charge in [0.05, 0.1) is 6.33 Å². The van der Waals surface area contributed by atoms with E-state index in [9.17, 15) is 0 Å². The Morgan fingerprint density at radius 3 is 2.60 bits per heavy atom. The van der Waals surface area contributed by atoms with Gasteiger partial charge >= 0.3 is 0 Å². The molecule has 0 amide bonds. The van der Waals surface area contributed by atoms with Gasteiger partial charge in [-0.3, -0.25) is 0 Å². The highest BCUT2D eigenvalue weighted by molar-refractivity contribution is 5.20. The van der Waals surface area contributed by atoms with Crippen LogP contribution >= 0.6 is 0 Å². The molecule has 1 aromatic carbocycles. The molecule has 0 atom stereocenters. The fraction of sp³-hybridized carbons (Fsp3) is 0.471. The Morgan fingerprint density at radius 2 is 1.90 bits per heavy atom. The molecule has 1 aliphatic carbocycles. The normalized spacial score (nSPS) is 22.8. The zero-order valence-electron chi connectivity index (χ0n) is 11.9. The Bertz CT molecular complexity index is 484. The van der Waals surface area contributed by atoms with Crippen LogP contribution in [0.25, 0.3) is 0 Å². The van der Waals surface area contributed by atoms with Crippen LogP contribution < -0.4 is 5.32 Å². The summed E-state index contributed by atoms with van der Waals surface area (Å²) >= 11 is 0. The quantitative estimate of drug-likeness (QED) is 0.874. The molecular weight excluding hydrogens is 246 g/mol. The standard InChI is InChI=1S/C17H23N3/c1-2-4-14(5-3-1)15-6-8-16(9-7-15)19-11-10-17-12-18-13-20-17/h1-5,12-13,15-16,19H,6-11H2,(H,18,20). The fourth-order valence-corrected chi connectivity index (χ4v) is 3.19. The number of imidazole rings is 1. The highest BCUT2D eigenvalue weighted by atomic mass is 14.9. The van der Waals surface area contributed by atoms with Crippen molar-refractivity contribution in [1.82, 2.24) is 15.3 Å². The van der Waals surface area contributed by atoms with Crippen LogP contribution in [0.2, 0.25) is 0 Å². The minimum absolute atomic E-state index is 0.692. The van der Waals surface area contributed by atoms with Crippen molar-refractivity contribution in [3.05, 3.63) is 54.1 Å². The first-order valence-corrected chi connectivity index (χ1v) is 7.67. The lowest BCUT2D eigenvalue weighted by Gasteiger charge is -2.29. The lowest BCUT2D eigenvalue weighted by atomic mass is 9.82. The zero-order valence-corrected chi connectivity index (χ0v) is 11.9. The van der Waals surface area contributed by atoms with Gasteiger partial charge in [0.25, 0.3) is 0 Å². The molecule has 3 heteroatoms. The van der Waals surface area contributed by atoms with Gasteiger partial charge in [0.15, 0.2) is 0 Å². The largest absolute Gasteiger partial charge is 0.348 e. The first-order chi connectivity index (χ1) is 9.92. The number of H-pyrrole nitrogens is 1. The average Bonchev–Trinajstić information content (AvgIpc) is 3.02.